The molecule has 1 unspecified atom stereocenters. The van der Waals surface area contributed by atoms with Crippen molar-refractivity contribution in [3.8, 4) is 11.5 Å². The van der Waals surface area contributed by atoms with Gasteiger partial charge in [0.05, 0.1) is 7.11 Å². The van der Waals surface area contributed by atoms with Crippen LogP contribution in [0.4, 0.5) is 4.79 Å². The topological polar surface area (TPSA) is 140 Å². The summed E-state index contributed by atoms with van der Waals surface area (Å²) >= 11 is 0. The van der Waals surface area contributed by atoms with E-state index in [0.29, 0.717) is 12.0 Å². The summed E-state index contributed by atoms with van der Waals surface area (Å²) in [5, 5.41) is 0. The van der Waals surface area contributed by atoms with Crippen LogP contribution in [-0.4, -0.2) is 48.9 Å². The molecule has 0 bridgehead atoms. The standard InChI is InChI=1S/C29H45NO9/c1-9-10-20(6)36-28(34)37-21(7)16-29(30,27(33)35-8)17-22-11-12-23(38-25(31)13-18(2)3)24(15-22)39-26(32)14-19(4)5/h11-12,15,18-21H,9-10,13-14,16-17,30H2,1-8H3/t20-,21-,29?/m0/s1. The zero-order valence-corrected chi connectivity index (χ0v) is 24.5. The summed E-state index contributed by atoms with van der Waals surface area (Å²) in [6.07, 6.45) is -0.127. The normalized spacial score (nSPS) is 14.2. The van der Waals surface area contributed by atoms with E-state index in [1.807, 2.05) is 34.6 Å². The number of carbonyl (C=O) groups excluding carboxylic acids is 4. The number of carbonyl (C=O) groups is 4. The van der Waals surface area contributed by atoms with Gasteiger partial charge in [0.1, 0.15) is 17.7 Å². The molecule has 0 radical (unpaired) electrons. The summed E-state index contributed by atoms with van der Waals surface area (Å²) in [7, 11) is 1.21. The van der Waals surface area contributed by atoms with E-state index in [-0.39, 0.29) is 55.1 Å². The highest BCUT2D eigenvalue weighted by molar-refractivity contribution is 5.81. The summed E-state index contributed by atoms with van der Waals surface area (Å²) in [6.45, 7) is 12.9. The van der Waals surface area contributed by atoms with Gasteiger partial charge in [-0.3, -0.25) is 14.4 Å². The first kappa shape index (κ1) is 33.9. The molecule has 2 N–H and O–H groups in total. The van der Waals surface area contributed by atoms with Crippen LogP contribution in [0.2, 0.25) is 0 Å². The van der Waals surface area contributed by atoms with Crippen LogP contribution in [0.3, 0.4) is 0 Å². The average molecular weight is 552 g/mol. The van der Waals surface area contributed by atoms with Gasteiger partial charge in [0.25, 0.3) is 0 Å². The first-order valence-electron chi connectivity index (χ1n) is 13.5. The molecule has 220 valence electrons. The molecular weight excluding hydrogens is 506 g/mol. The number of methoxy groups -OCH3 is 1. The largest absolute Gasteiger partial charge is 0.508 e. The summed E-state index contributed by atoms with van der Waals surface area (Å²) in [4.78, 5) is 49.6. The Kier molecular flexibility index (Phi) is 14.0. The molecule has 1 rings (SSSR count). The molecule has 0 spiro atoms. The van der Waals surface area contributed by atoms with E-state index in [1.165, 1.54) is 19.2 Å². The average Bonchev–Trinajstić information content (AvgIpc) is 2.78. The zero-order chi connectivity index (χ0) is 29.8. The van der Waals surface area contributed by atoms with Gasteiger partial charge in [-0.15, -0.1) is 0 Å². The first-order chi connectivity index (χ1) is 18.2. The van der Waals surface area contributed by atoms with Gasteiger partial charge in [0, 0.05) is 25.7 Å². The third-order valence-corrected chi connectivity index (χ3v) is 5.66. The van der Waals surface area contributed by atoms with E-state index in [0.717, 1.165) is 6.42 Å². The molecule has 0 aliphatic carbocycles. The van der Waals surface area contributed by atoms with Gasteiger partial charge in [-0.1, -0.05) is 47.1 Å². The van der Waals surface area contributed by atoms with Crippen molar-refractivity contribution in [1.82, 2.24) is 0 Å². The van der Waals surface area contributed by atoms with Gasteiger partial charge >= 0.3 is 24.1 Å². The van der Waals surface area contributed by atoms with Crippen LogP contribution in [0.5, 0.6) is 11.5 Å². The molecule has 1 aromatic rings. The Hall–Kier alpha value is -3.14. The molecule has 0 saturated heterocycles. The van der Waals surface area contributed by atoms with Crippen LogP contribution in [0.25, 0.3) is 0 Å². The van der Waals surface area contributed by atoms with Crippen LogP contribution in [0.1, 0.15) is 86.1 Å². The van der Waals surface area contributed by atoms with E-state index >= 15 is 0 Å². The lowest BCUT2D eigenvalue weighted by atomic mass is 9.86. The zero-order valence-electron chi connectivity index (χ0n) is 24.5. The molecule has 10 heteroatoms. The molecule has 1 aromatic carbocycles. The smallest absolute Gasteiger partial charge is 0.468 e. The van der Waals surface area contributed by atoms with Crippen molar-refractivity contribution in [2.24, 2.45) is 17.6 Å². The quantitative estimate of drug-likeness (QED) is 0.230. The fourth-order valence-electron chi connectivity index (χ4n) is 3.99. The van der Waals surface area contributed by atoms with Crippen LogP contribution in [-0.2, 0) is 35.0 Å². The minimum Gasteiger partial charge on any atom is -0.468 e. The fourth-order valence-corrected chi connectivity index (χ4v) is 3.99. The molecule has 39 heavy (non-hydrogen) atoms. The second-order valence-corrected chi connectivity index (χ2v) is 10.8. The highest BCUT2D eigenvalue weighted by atomic mass is 16.7. The van der Waals surface area contributed by atoms with Crippen molar-refractivity contribution in [1.29, 1.82) is 0 Å². The third-order valence-electron chi connectivity index (χ3n) is 5.66. The summed E-state index contributed by atoms with van der Waals surface area (Å²) < 4.78 is 26.5. The Morgan fingerprint density at radius 2 is 1.38 bits per heavy atom. The number of nitrogens with two attached hydrogens (primary N) is 1. The Labute approximate surface area is 231 Å². The lowest BCUT2D eigenvalue weighted by molar-refractivity contribution is -0.148. The monoisotopic (exact) mass is 551 g/mol. The van der Waals surface area contributed by atoms with Crippen LogP contribution >= 0.6 is 0 Å². The van der Waals surface area contributed by atoms with Crippen molar-refractivity contribution in [2.75, 3.05) is 7.11 Å². The molecule has 0 aliphatic rings. The molecule has 3 atom stereocenters. The van der Waals surface area contributed by atoms with E-state index < -0.39 is 35.7 Å². The van der Waals surface area contributed by atoms with Gasteiger partial charge in [-0.25, -0.2) is 4.79 Å². The lowest BCUT2D eigenvalue weighted by Gasteiger charge is -2.29. The Morgan fingerprint density at radius 1 is 0.846 bits per heavy atom. The number of benzene rings is 1. The molecule has 0 aliphatic heterocycles. The van der Waals surface area contributed by atoms with E-state index in [2.05, 4.69) is 0 Å². The van der Waals surface area contributed by atoms with E-state index in [9.17, 15) is 19.2 Å². The number of rotatable bonds is 15. The Morgan fingerprint density at radius 3 is 1.90 bits per heavy atom. The molecular formula is C29H45NO9. The van der Waals surface area contributed by atoms with Gasteiger partial charge in [0.2, 0.25) is 0 Å². The van der Waals surface area contributed by atoms with Gasteiger partial charge in [-0.05, 0) is 49.8 Å². The number of esters is 3. The summed E-state index contributed by atoms with van der Waals surface area (Å²) in [6, 6.07) is 4.62. The molecule has 0 aromatic heterocycles. The van der Waals surface area contributed by atoms with Crippen molar-refractivity contribution in [2.45, 2.75) is 105 Å². The highest BCUT2D eigenvalue weighted by Gasteiger charge is 2.38. The summed E-state index contributed by atoms with van der Waals surface area (Å²) in [5.74, 6) is -1.40. The van der Waals surface area contributed by atoms with Gasteiger partial charge in [0.15, 0.2) is 11.5 Å². The molecule has 0 saturated carbocycles. The van der Waals surface area contributed by atoms with Crippen molar-refractivity contribution < 1.29 is 42.9 Å². The molecule has 0 amide bonds. The number of ether oxygens (including phenoxy) is 5. The second-order valence-electron chi connectivity index (χ2n) is 10.8. The van der Waals surface area contributed by atoms with Crippen molar-refractivity contribution >= 4 is 24.1 Å². The number of hydrogen-bond acceptors (Lipinski definition) is 10. The maximum Gasteiger partial charge on any atom is 0.508 e. The third kappa shape index (κ3) is 12.5. The fraction of sp³-hybridized carbons (Fsp3) is 0.655. The van der Waals surface area contributed by atoms with Crippen LogP contribution in [0.15, 0.2) is 18.2 Å². The van der Waals surface area contributed by atoms with Gasteiger partial charge in [-0.2, -0.15) is 0 Å². The lowest BCUT2D eigenvalue weighted by Crippen LogP contribution is -2.53. The minimum atomic E-state index is -1.58. The second kappa shape index (κ2) is 16.1. The Bertz CT molecular complexity index is 976. The van der Waals surface area contributed by atoms with Crippen molar-refractivity contribution in [3.63, 3.8) is 0 Å². The maximum absolute atomic E-state index is 12.7. The molecule has 10 nitrogen and oxygen atoms in total. The van der Waals surface area contributed by atoms with Crippen molar-refractivity contribution in [3.05, 3.63) is 23.8 Å². The molecule has 0 heterocycles. The predicted molar refractivity (Wildman–Crippen MR) is 145 cm³/mol. The SMILES string of the molecule is CCC[C@H](C)OC(=O)O[C@@H](C)CC(N)(Cc1ccc(OC(=O)CC(C)C)c(OC(=O)CC(C)C)c1)C(=O)OC. The first-order valence-corrected chi connectivity index (χ1v) is 13.5. The maximum atomic E-state index is 12.7. The molecule has 0 fully saturated rings. The highest BCUT2D eigenvalue weighted by Crippen LogP contribution is 2.32. The van der Waals surface area contributed by atoms with E-state index in [4.69, 9.17) is 29.4 Å². The predicted octanol–water partition coefficient (Wildman–Crippen LogP) is 5.12. The van der Waals surface area contributed by atoms with Gasteiger partial charge < -0.3 is 29.4 Å². The summed E-state index contributed by atoms with van der Waals surface area (Å²) in [5.41, 5.74) is 5.43. The van der Waals surface area contributed by atoms with Crippen LogP contribution in [0, 0.1) is 11.8 Å². The minimum absolute atomic E-state index is 0.0381. The Balaban J connectivity index is 3.19. The number of hydrogen-bond donors (Lipinski definition) is 1. The van der Waals surface area contributed by atoms with E-state index in [1.54, 1.807) is 19.9 Å². The van der Waals surface area contributed by atoms with Crippen LogP contribution < -0.4 is 15.2 Å².